The van der Waals surface area contributed by atoms with Crippen molar-refractivity contribution >= 4 is 28.2 Å². The van der Waals surface area contributed by atoms with Crippen LogP contribution in [0.25, 0.3) is 0 Å². The van der Waals surface area contributed by atoms with Crippen LogP contribution in [0.2, 0.25) is 0 Å². The highest BCUT2D eigenvalue weighted by atomic mass is 32.1. The van der Waals surface area contributed by atoms with Gasteiger partial charge in [0.2, 0.25) is 0 Å². The predicted octanol–water partition coefficient (Wildman–Crippen LogP) is 2.29. The zero-order valence-corrected chi connectivity index (χ0v) is 11.0. The Balaban J connectivity index is 2.02. The third kappa shape index (κ3) is 3.19. The number of aromatic carboxylic acids is 1. The van der Waals surface area contributed by atoms with Crippen molar-refractivity contribution in [1.29, 1.82) is 0 Å². The Morgan fingerprint density at radius 2 is 2.32 bits per heavy atom. The molecule has 0 aliphatic heterocycles. The molecular formula is C12H12N2O4S. The van der Waals surface area contributed by atoms with E-state index in [1.54, 1.807) is 12.3 Å². The van der Waals surface area contributed by atoms with Gasteiger partial charge in [-0.25, -0.2) is 9.78 Å². The molecule has 2 heterocycles. The maximum absolute atomic E-state index is 11.3. The second kappa shape index (κ2) is 5.66. The average Bonchev–Trinajstić information content (AvgIpc) is 2.97. The van der Waals surface area contributed by atoms with Crippen LogP contribution in [0.3, 0.4) is 0 Å². The Morgan fingerprint density at radius 1 is 1.53 bits per heavy atom. The molecule has 2 aromatic heterocycles. The number of Topliss-reactive ketones (excluding diaryl/α,β-unsaturated/α-hetero) is 1. The van der Waals surface area contributed by atoms with Gasteiger partial charge < -0.3 is 14.8 Å². The number of carbonyl (C=O) groups excluding carboxylic acids is 1. The summed E-state index contributed by atoms with van der Waals surface area (Å²) in [7, 11) is 0. The first-order valence-corrected chi connectivity index (χ1v) is 6.41. The zero-order chi connectivity index (χ0) is 13.8. The van der Waals surface area contributed by atoms with Gasteiger partial charge in [0, 0.05) is 19.9 Å². The molecule has 100 valence electrons. The van der Waals surface area contributed by atoms with Crippen LogP contribution in [0.4, 0.5) is 5.13 Å². The van der Waals surface area contributed by atoms with Crippen molar-refractivity contribution < 1.29 is 19.1 Å². The first-order chi connectivity index (χ1) is 9.08. The lowest BCUT2D eigenvalue weighted by atomic mass is 10.3. The number of nitrogens with zero attached hydrogens (tertiary/aromatic N) is 1. The van der Waals surface area contributed by atoms with E-state index in [4.69, 9.17) is 9.52 Å². The summed E-state index contributed by atoms with van der Waals surface area (Å²) in [5.74, 6) is -0.663. The van der Waals surface area contributed by atoms with Crippen LogP contribution in [0.1, 0.15) is 32.8 Å². The van der Waals surface area contributed by atoms with Crippen LogP contribution in [0.5, 0.6) is 0 Å². The van der Waals surface area contributed by atoms with Gasteiger partial charge in [-0.3, -0.25) is 4.79 Å². The van der Waals surface area contributed by atoms with Gasteiger partial charge in [-0.05, 0) is 12.1 Å². The van der Waals surface area contributed by atoms with Gasteiger partial charge in [-0.2, -0.15) is 0 Å². The second-order valence-electron chi connectivity index (χ2n) is 3.81. The molecule has 0 saturated carbocycles. The van der Waals surface area contributed by atoms with E-state index in [0.29, 0.717) is 18.1 Å². The minimum Gasteiger partial charge on any atom is -0.476 e. The Kier molecular flexibility index (Phi) is 3.96. The number of hydrogen-bond acceptors (Lipinski definition) is 6. The lowest BCUT2D eigenvalue weighted by molar-refractivity contribution is 0.0687. The molecule has 2 aromatic rings. The van der Waals surface area contributed by atoms with E-state index in [1.165, 1.54) is 6.92 Å². The fourth-order valence-corrected chi connectivity index (χ4v) is 2.40. The highest BCUT2D eigenvalue weighted by molar-refractivity contribution is 7.17. The SMILES string of the molecule is CC(=O)c1sc(NCCc2ccco2)nc1C(=O)O. The Labute approximate surface area is 113 Å². The quantitative estimate of drug-likeness (QED) is 0.789. The minimum atomic E-state index is -1.19. The Hall–Kier alpha value is -2.15. The highest BCUT2D eigenvalue weighted by Gasteiger charge is 2.20. The van der Waals surface area contributed by atoms with E-state index in [1.807, 2.05) is 6.07 Å². The van der Waals surface area contributed by atoms with Crippen LogP contribution in [0.15, 0.2) is 22.8 Å². The van der Waals surface area contributed by atoms with Gasteiger partial charge >= 0.3 is 5.97 Å². The summed E-state index contributed by atoms with van der Waals surface area (Å²) in [5.41, 5.74) is -0.196. The molecule has 2 N–H and O–H groups in total. The molecule has 6 nitrogen and oxygen atoms in total. The molecule has 7 heteroatoms. The molecule has 0 aliphatic rings. The topological polar surface area (TPSA) is 92.4 Å². The van der Waals surface area contributed by atoms with Gasteiger partial charge in [-0.15, -0.1) is 0 Å². The van der Waals surface area contributed by atoms with E-state index in [-0.39, 0.29) is 16.4 Å². The third-order valence-corrected chi connectivity index (χ3v) is 3.49. The van der Waals surface area contributed by atoms with E-state index in [2.05, 4.69) is 10.3 Å². The predicted molar refractivity (Wildman–Crippen MR) is 70.0 cm³/mol. The van der Waals surface area contributed by atoms with Crippen molar-refractivity contribution in [2.24, 2.45) is 0 Å². The summed E-state index contributed by atoms with van der Waals surface area (Å²) in [5, 5.41) is 12.4. The largest absolute Gasteiger partial charge is 0.476 e. The van der Waals surface area contributed by atoms with Crippen LogP contribution in [-0.4, -0.2) is 28.4 Å². The molecule has 0 atom stereocenters. The fraction of sp³-hybridized carbons (Fsp3) is 0.250. The van der Waals surface area contributed by atoms with E-state index >= 15 is 0 Å². The molecule has 0 radical (unpaired) electrons. The summed E-state index contributed by atoms with van der Waals surface area (Å²) in [6.45, 7) is 1.88. The lowest BCUT2D eigenvalue weighted by Gasteiger charge is -1.99. The number of hydrogen-bond donors (Lipinski definition) is 2. The monoisotopic (exact) mass is 280 g/mol. The van der Waals surface area contributed by atoms with Crippen LogP contribution >= 0.6 is 11.3 Å². The number of carbonyl (C=O) groups is 2. The molecule has 0 bridgehead atoms. The summed E-state index contributed by atoms with van der Waals surface area (Å²) >= 11 is 1.05. The van der Waals surface area contributed by atoms with Gasteiger partial charge in [-0.1, -0.05) is 11.3 Å². The summed E-state index contributed by atoms with van der Waals surface area (Å²) in [6, 6.07) is 3.66. The van der Waals surface area contributed by atoms with Crippen molar-refractivity contribution in [3.63, 3.8) is 0 Å². The molecule has 0 saturated heterocycles. The number of carboxylic acid groups (broad SMARTS) is 1. The van der Waals surface area contributed by atoms with E-state index in [9.17, 15) is 9.59 Å². The first-order valence-electron chi connectivity index (χ1n) is 5.59. The normalized spacial score (nSPS) is 10.4. The number of thiazole rings is 1. The van der Waals surface area contributed by atoms with Crippen molar-refractivity contribution in [1.82, 2.24) is 4.98 Å². The number of furan rings is 1. The van der Waals surface area contributed by atoms with Crippen molar-refractivity contribution in [2.45, 2.75) is 13.3 Å². The number of rotatable bonds is 6. The molecule has 0 unspecified atom stereocenters. The van der Waals surface area contributed by atoms with Crippen molar-refractivity contribution in [2.75, 3.05) is 11.9 Å². The average molecular weight is 280 g/mol. The zero-order valence-electron chi connectivity index (χ0n) is 10.2. The highest BCUT2D eigenvalue weighted by Crippen LogP contribution is 2.23. The lowest BCUT2D eigenvalue weighted by Crippen LogP contribution is -2.05. The Morgan fingerprint density at radius 3 is 2.84 bits per heavy atom. The van der Waals surface area contributed by atoms with E-state index < -0.39 is 5.97 Å². The summed E-state index contributed by atoms with van der Waals surface area (Å²) in [4.78, 5) is 26.3. The number of nitrogens with one attached hydrogen (secondary N) is 1. The molecular weight excluding hydrogens is 268 g/mol. The molecule has 19 heavy (non-hydrogen) atoms. The first kappa shape index (κ1) is 13.3. The van der Waals surface area contributed by atoms with Gasteiger partial charge in [0.15, 0.2) is 16.6 Å². The molecule has 0 amide bonds. The summed E-state index contributed by atoms with van der Waals surface area (Å²) in [6.07, 6.45) is 2.25. The number of anilines is 1. The standard InChI is InChI=1S/C12H12N2O4S/c1-7(15)10-9(11(16)17)14-12(19-10)13-5-4-8-3-2-6-18-8/h2-3,6H,4-5H2,1H3,(H,13,14)(H,16,17). The third-order valence-electron chi connectivity index (χ3n) is 2.38. The van der Waals surface area contributed by atoms with Gasteiger partial charge in [0.1, 0.15) is 10.6 Å². The smallest absolute Gasteiger partial charge is 0.356 e. The summed E-state index contributed by atoms with van der Waals surface area (Å²) < 4.78 is 5.17. The van der Waals surface area contributed by atoms with Crippen LogP contribution < -0.4 is 5.32 Å². The fourth-order valence-electron chi connectivity index (χ4n) is 1.53. The molecule has 0 aliphatic carbocycles. The van der Waals surface area contributed by atoms with Crippen LogP contribution in [-0.2, 0) is 6.42 Å². The maximum Gasteiger partial charge on any atom is 0.356 e. The maximum atomic E-state index is 11.3. The Bertz CT molecular complexity index is 557. The minimum absolute atomic E-state index is 0.160. The van der Waals surface area contributed by atoms with Crippen molar-refractivity contribution in [3.05, 3.63) is 34.7 Å². The number of aromatic nitrogens is 1. The molecule has 0 aromatic carbocycles. The second-order valence-corrected chi connectivity index (χ2v) is 4.81. The molecule has 0 spiro atoms. The van der Waals surface area contributed by atoms with E-state index in [0.717, 1.165) is 17.1 Å². The molecule has 0 fully saturated rings. The molecule has 2 rings (SSSR count). The van der Waals surface area contributed by atoms with Crippen LogP contribution in [0, 0.1) is 0 Å². The number of ketones is 1. The van der Waals surface area contributed by atoms with Gasteiger partial charge in [0.25, 0.3) is 0 Å². The van der Waals surface area contributed by atoms with Crippen molar-refractivity contribution in [3.8, 4) is 0 Å². The van der Waals surface area contributed by atoms with Gasteiger partial charge in [0.05, 0.1) is 6.26 Å². The number of carboxylic acids is 1.